The van der Waals surface area contributed by atoms with Crippen molar-refractivity contribution in [3.8, 4) is 6.07 Å². The number of nitrogens with one attached hydrogen (secondary N) is 1. The lowest BCUT2D eigenvalue weighted by molar-refractivity contribution is 0.00676. The number of ether oxygens (including phenoxy) is 1. The van der Waals surface area contributed by atoms with Gasteiger partial charge in [-0.05, 0) is 55.2 Å². The second-order valence-corrected chi connectivity index (χ2v) is 9.51. The summed E-state index contributed by atoms with van der Waals surface area (Å²) in [4.78, 5) is 20.1. The van der Waals surface area contributed by atoms with Gasteiger partial charge in [0.1, 0.15) is 11.4 Å². The molecule has 1 aliphatic carbocycles. The number of nitrogens with zero attached hydrogens (tertiary/aromatic N) is 3. The van der Waals surface area contributed by atoms with Crippen LogP contribution in [-0.2, 0) is 11.2 Å². The van der Waals surface area contributed by atoms with Crippen LogP contribution in [-0.4, -0.2) is 39.6 Å². The molecule has 6 heteroatoms. The lowest BCUT2D eigenvalue weighted by Crippen LogP contribution is -2.41. The lowest BCUT2D eigenvalue weighted by Gasteiger charge is -2.36. The zero-order valence-electron chi connectivity index (χ0n) is 18.8. The van der Waals surface area contributed by atoms with Crippen molar-refractivity contribution in [2.24, 2.45) is 11.3 Å². The Hall–Kier alpha value is -2.55. The van der Waals surface area contributed by atoms with E-state index in [0.29, 0.717) is 41.9 Å². The van der Waals surface area contributed by atoms with E-state index in [2.05, 4.69) is 25.8 Å². The smallest absolute Gasteiger partial charge is 0.410 e. The van der Waals surface area contributed by atoms with Gasteiger partial charge >= 0.3 is 6.09 Å². The molecule has 2 aliphatic rings. The van der Waals surface area contributed by atoms with Gasteiger partial charge in [0.2, 0.25) is 0 Å². The lowest BCUT2D eigenvalue weighted by atomic mass is 9.76. The third kappa shape index (κ3) is 3.84. The zero-order valence-corrected chi connectivity index (χ0v) is 16.8. The second-order valence-electron chi connectivity index (χ2n) is 9.51. The molecule has 1 aromatic carbocycles. The van der Waals surface area contributed by atoms with Gasteiger partial charge in [-0.1, -0.05) is 20.8 Å². The molecule has 2 aromatic rings. The second kappa shape index (κ2) is 6.80. The number of rotatable bonds is 3. The Bertz CT molecular complexity index is 1040. The highest BCUT2D eigenvalue weighted by atomic mass is 16.6. The van der Waals surface area contributed by atoms with Crippen molar-refractivity contribution in [1.82, 2.24) is 14.9 Å². The number of hydrogen-bond acceptors (Lipinski definition) is 4. The van der Waals surface area contributed by atoms with Crippen LogP contribution in [0.1, 0.15) is 59.2 Å². The molecule has 1 aromatic heterocycles. The Morgan fingerprint density at radius 3 is 3.14 bits per heavy atom. The molecule has 148 valence electrons. The first-order valence-corrected chi connectivity index (χ1v) is 9.98. The first-order valence-electron chi connectivity index (χ1n) is 10.9. The van der Waals surface area contributed by atoms with Crippen LogP contribution in [0.15, 0.2) is 18.2 Å². The summed E-state index contributed by atoms with van der Waals surface area (Å²) in [6, 6.07) is 5.30. The minimum absolute atomic E-state index is 0.0188. The Labute approximate surface area is 168 Å². The van der Waals surface area contributed by atoms with Crippen molar-refractivity contribution in [2.45, 2.75) is 58.5 Å². The van der Waals surface area contributed by atoms with E-state index in [-0.39, 0.29) is 23.5 Å². The van der Waals surface area contributed by atoms with Crippen molar-refractivity contribution in [3.05, 3.63) is 29.6 Å². The van der Waals surface area contributed by atoms with Crippen LogP contribution >= 0.6 is 0 Å². The van der Waals surface area contributed by atoms with Gasteiger partial charge in [0.15, 0.2) is 1.41 Å². The van der Waals surface area contributed by atoms with Crippen LogP contribution in [0.5, 0.6) is 0 Å². The van der Waals surface area contributed by atoms with E-state index in [4.69, 9.17) is 12.8 Å². The fourth-order valence-corrected chi connectivity index (χ4v) is 4.60. The van der Waals surface area contributed by atoms with Crippen molar-refractivity contribution < 1.29 is 12.3 Å². The third-order valence-corrected chi connectivity index (χ3v) is 5.60. The van der Waals surface area contributed by atoms with Gasteiger partial charge in [-0.3, -0.25) is 0 Å². The first kappa shape index (κ1) is 16.4. The average Bonchev–Trinajstić information content (AvgIpc) is 3.11. The Morgan fingerprint density at radius 2 is 2.39 bits per heavy atom. The normalized spacial score (nSPS) is 26.3. The van der Waals surface area contributed by atoms with Crippen molar-refractivity contribution in [1.29, 1.82) is 5.26 Å². The highest BCUT2D eigenvalue weighted by Crippen LogP contribution is 2.41. The molecule has 2 heterocycles. The molecule has 0 bridgehead atoms. The summed E-state index contributed by atoms with van der Waals surface area (Å²) in [5, 5.41) is 9.14. The molecule has 2 unspecified atom stereocenters. The van der Waals surface area contributed by atoms with E-state index in [1.807, 2.05) is 11.0 Å². The van der Waals surface area contributed by atoms with Crippen LogP contribution < -0.4 is 0 Å². The molecular formula is C22H28N4O2. The minimum Gasteiger partial charge on any atom is -0.441 e. The molecule has 1 aliphatic heterocycles. The number of aromatic amines is 1. The van der Waals surface area contributed by atoms with Crippen molar-refractivity contribution in [2.75, 3.05) is 13.1 Å². The van der Waals surface area contributed by atoms with E-state index in [1.54, 1.807) is 6.07 Å². The van der Waals surface area contributed by atoms with Crippen LogP contribution in [0, 0.1) is 22.7 Å². The maximum absolute atomic E-state index is 12.5. The molecule has 1 spiro atoms. The van der Waals surface area contributed by atoms with Crippen LogP contribution in [0.3, 0.4) is 0 Å². The maximum atomic E-state index is 12.5. The number of H-pyrrole nitrogens is 1. The summed E-state index contributed by atoms with van der Waals surface area (Å²) in [5.74, 6) is 0.846. The number of carbonyl (C=O) groups is 1. The summed E-state index contributed by atoms with van der Waals surface area (Å²) in [6.45, 7) is 7.65. The number of hydrogen-bond donors (Lipinski definition) is 1. The van der Waals surface area contributed by atoms with Gasteiger partial charge in [-0.25, -0.2) is 9.78 Å². The van der Waals surface area contributed by atoms with Gasteiger partial charge in [0.25, 0.3) is 0 Å². The number of benzene rings is 1. The minimum atomic E-state index is -0.446. The highest BCUT2D eigenvalue weighted by molar-refractivity contribution is 5.76. The van der Waals surface area contributed by atoms with E-state index < -0.39 is 5.60 Å². The average molecular weight is 383 g/mol. The molecule has 6 nitrogen and oxygen atoms in total. The summed E-state index contributed by atoms with van der Waals surface area (Å²) in [6.07, 6.45) is 3.98. The Kier molecular flexibility index (Phi) is 3.99. The predicted octanol–water partition coefficient (Wildman–Crippen LogP) is 4.40. The number of aromatic nitrogens is 2. The molecule has 1 saturated heterocycles. The quantitative estimate of drug-likeness (QED) is 0.853. The SMILES string of the molecule is [2H]c1cc(C#N)cc2c1nc(CC1CCCC3(C1)CN(CC(C)(C)C)C(=O)O3)n2[2H]. The Morgan fingerprint density at radius 1 is 1.57 bits per heavy atom. The molecule has 28 heavy (non-hydrogen) atoms. The van der Waals surface area contributed by atoms with E-state index in [0.717, 1.165) is 25.7 Å². The number of carbonyl (C=O) groups excluding carboxylic acids is 1. The molecule has 2 fully saturated rings. The third-order valence-electron chi connectivity index (χ3n) is 5.60. The molecule has 0 radical (unpaired) electrons. The highest BCUT2D eigenvalue weighted by Gasteiger charge is 2.48. The summed E-state index contributed by atoms with van der Waals surface area (Å²) < 4.78 is 22.5. The number of amides is 1. The zero-order chi connectivity index (χ0) is 21.7. The number of fused-ring (bicyclic) bond motifs is 1. The van der Waals surface area contributed by atoms with Crippen LogP contribution in [0.4, 0.5) is 4.79 Å². The molecular weight excluding hydrogens is 352 g/mol. The summed E-state index contributed by atoms with van der Waals surface area (Å²) >= 11 is 0. The first-order chi connectivity index (χ1) is 14.1. The molecule has 1 N–H and O–H groups in total. The predicted molar refractivity (Wildman–Crippen MR) is 107 cm³/mol. The van der Waals surface area contributed by atoms with Gasteiger partial charge in [0, 0.05) is 13.0 Å². The van der Waals surface area contributed by atoms with E-state index >= 15 is 0 Å². The van der Waals surface area contributed by atoms with Gasteiger partial charge in [0.05, 0.1) is 30.6 Å². The van der Waals surface area contributed by atoms with Crippen molar-refractivity contribution in [3.63, 3.8) is 0 Å². The standard InChI is InChI=1S/C22H28N4O2/c1-21(2,3)13-26-14-22(28-20(26)27)8-4-5-15(11-22)10-19-24-17-7-6-16(12-23)9-18(17)25-19/h6-7,9,15H,4-5,8,10-11,13-14H2,1-3H3,(H,24,25)/i7D/hD. The maximum Gasteiger partial charge on any atom is 0.410 e. The van der Waals surface area contributed by atoms with Gasteiger partial charge in [-0.2, -0.15) is 5.26 Å². The molecule has 4 rings (SSSR count). The monoisotopic (exact) mass is 382 g/mol. The van der Waals surface area contributed by atoms with Gasteiger partial charge < -0.3 is 14.6 Å². The summed E-state index contributed by atoms with van der Waals surface area (Å²) in [7, 11) is 0. The summed E-state index contributed by atoms with van der Waals surface area (Å²) in [5.41, 5.74) is 0.876. The molecule has 2 atom stereocenters. The Balaban J connectivity index is 1.53. The van der Waals surface area contributed by atoms with Crippen LogP contribution in [0.25, 0.3) is 11.0 Å². The fourth-order valence-electron chi connectivity index (χ4n) is 4.60. The molecule has 1 amide bonds. The van der Waals surface area contributed by atoms with E-state index in [9.17, 15) is 4.79 Å². The van der Waals surface area contributed by atoms with Crippen LogP contribution in [0.2, 0.25) is 1.41 Å². The van der Waals surface area contributed by atoms with Crippen molar-refractivity contribution >= 4 is 17.1 Å². The fraction of sp³-hybridized carbons (Fsp3) is 0.591. The van der Waals surface area contributed by atoms with E-state index in [1.165, 1.54) is 11.0 Å². The molecule has 1 saturated carbocycles. The largest absolute Gasteiger partial charge is 0.441 e. The number of nitriles is 1. The number of imidazole rings is 1. The van der Waals surface area contributed by atoms with Gasteiger partial charge in [-0.15, -0.1) is 0 Å². The topological polar surface area (TPSA) is 82.0 Å².